The Balaban J connectivity index is 2.60. The third kappa shape index (κ3) is 2.28. The van der Waals surface area contributed by atoms with Gasteiger partial charge in [0.15, 0.2) is 0 Å². The van der Waals surface area contributed by atoms with Crippen molar-refractivity contribution in [1.82, 2.24) is 4.31 Å². The first-order valence-corrected chi connectivity index (χ1v) is 7.70. The van der Waals surface area contributed by atoms with Gasteiger partial charge >= 0.3 is 5.97 Å². The number of sulfonamides is 1. The summed E-state index contributed by atoms with van der Waals surface area (Å²) in [6.45, 7) is 1.83. The van der Waals surface area contributed by atoms with E-state index in [0.29, 0.717) is 17.1 Å². The number of fused-ring (bicyclic) bond motifs is 1. The minimum Gasteiger partial charge on any atom is -0.478 e. The minimum absolute atomic E-state index is 0.0450. The minimum atomic E-state index is -4.11. The Bertz CT molecular complexity index is 760. The largest absolute Gasteiger partial charge is 0.478 e. The lowest BCUT2D eigenvalue weighted by molar-refractivity contribution is 0.0695. The van der Waals surface area contributed by atoms with E-state index in [-0.39, 0.29) is 16.0 Å². The standard InChI is InChI=1S/C14H13NO5S/c1-3-5-10(4-2)15-13(16)11-7-6-9(14(17)18)8-12(11)21(15,19)20/h2,6-8,10H,3,5H2,1H3,(H,17,18). The molecule has 1 atom stereocenters. The lowest BCUT2D eigenvalue weighted by Gasteiger charge is -2.21. The number of rotatable bonds is 4. The van der Waals surface area contributed by atoms with E-state index in [1.807, 2.05) is 6.92 Å². The van der Waals surface area contributed by atoms with Gasteiger partial charge in [-0.3, -0.25) is 4.79 Å². The van der Waals surface area contributed by atoms with Crippen LogP contribution >= 0.6 is 0 Å². The summed E-state index contributed by atoms with van der Waals surface area (Å²) in [7, 11) is -4.11. The Morgan fingerprint density at radius 3 is 2.67 bits per heavy atom. The van der Waals surface area contributed by atoms with Gasteiger partial charge in [0.25, 0.3) is 15.9 Å². The number of amides is 1. The zero-order chi connectivity index (χ0) is 15.8. The van der Waals surface area contributed by atoms with Crippen molar-refractivity contribution < 1.29 is 23.1 Å². The lowest BCUT2D eigenvalue weighted by atomic mass is 10.1. The highest BCUT2D eigenvalue weighted by atomic mass is 32.2. The van der Waals surface area contributed by atoms with Gasteiger partial charge in [-0.25, -0.2) is 17.5 Å². The Labute approximate surface area is 122 Å². The van der Waals surface area contributed by atoms with Gasteiger partial charge in [0.05, 0.1) is 11.1 Å². The fourth-order valence-electron chi connectivity index (χ4n) is 2.23. The second-order valence-electron chi connectivity index (χ2n) is 4.59. The van der Waals surface area contributed by atoms with Crippen LogP contribution in [0.3, 0.4) is 0 Å². The zero-order valence-electron chi connectivity index (χ0n) is 11.2. The molecule has 1 heterocycles. The zero-order valence-corrected chi connectivity index (χ0v) is 12.1. The number of carboxylic acid groups (broad SMARTS) is 1. The Hall–Kier alpha value is -2.33. The smallest absolute Gasteiger partial charge is 0.335 e. The van der Waals surface area contributed by atoms with Gasteiger partial charge in [-0.05, 0) is 24.6 Å². The molecule has 7 heteroatoms. The molecule has 1 unspecified atom stereocenters. The van der Waals surface area contributed by atoms with E-state index in [0.717, 1.165) is 6.07 Å². The number of carbonyl (C=O) groups is 2. The number of aromatic carboxylic acids is 1. The van der Waals surface area contributed by atoms with Gasteiger partial charge in [0, 0.05) is 0 Å². The number of hydrogen-bond acceptors (Lipinski definition) is 4. The van der Waals surface area contributed by atoms with Crippen molar-refractivity contribution in [3.63, 3.8) is 0 Å². The molecule has 1 aromatic rings. The van der Waals surface area contributed by atoms with Crippen LogP contribution in [-0.2, 0) is 10.0 Å². The predicted molar refractivity (Wildman–Crippen MR) is 74.3 cm³/mol. The molecule has 0 saturated carbocycles. The lowest BCUT2D eigenvalue weighted by Crippen LogP contribution is -2.38. The predicted octanol–water partition coefficient (Wildman–Crippen LogP) is 1.33. The highest BCUT2D eigenvalue weighted by Gasteiger charge is 2.44. The van der Waals surface area contributed by atoms with Gasteiger partial charge < -0.3 is 5.11 Å². The second kappa shape index (κ2) is 5.22. The number of hydrogen-bond donors (Lipinski definition) is 1. The van der Waals surface area contributed by atoms with Crippen LogP contribution in [0.5, 0.6) is 0 Å². The average Bonchev–Trinajstić information content (AvgIpc) is 2.64. The first-order valence-electron chi connectivity index (χ1n) is 6.26. The first kappa shape index (κ1) is 15.1. The molecule has 2 rings (SSSR count). The van der Waals surface area contributed by atoms with Gasteiger partial charge in [-0.2, -0.15) is 0 Å². The Kier molecular flexibility index (Phi) is 3.75. The molecule has 0 radical (unpaired) electrons. The van der Waals surface area contributed by atoms with Crippen molar-refractivity contribution in [1.29, 1.82) is 0 Å². The molecule has 0 fully saturated rings. The van der Waals surface area contributed by atoms with Gasteiger partial charge in [-0.1, -0.05) is 19.3 Å². The van der Waals surface area contributed by atoms with Crippen molar-refractivity contribution in [2.24, 2.45) is 0 Å². The average molecular weight is 307 g/mol. The van der Waals surface area contributed by atoms with Crippen molar-refractivity contribution >= 4 is 21.9 Å². The van der Waals surface area contributed by atoms with Gasteiger partial charge in [0.2, 0.25) is 0 Å². The first-order chi connectivity index (χ1) is 9.84. The van der Waals surface area contributed by atoms with Crippen molar-refractivity contribution in [3.05, 3.63) is 29.3 Å². The van der Waals surface area contributed by atoms with E-state index >= 15 is 0 Å². The summed E-state index contributed by atoms with van der Waals surface area (Å²) in [5.74, 6) is 0.340. The van der Waals surface area contributed by atoms with E-state index in [2.05, 4.69) is 5.92 Å². The van der Waals surface area contributed by atoms with Gasteiger partial charge in [-0.15, -0.1) is 6.42 Å². The molecular formula is C14H13NO5S. The highest BCUT2D eigenvalue weighted by molar-refractivity contribution is 7.90. The summed E-state index contributed by atoms with van der Waals surface area (Å²) < 4.78 is 25.6. The van der Waals surface area contributed by atoms with Crippen LogP contribution in [0.15, 0.2) is 23.1 Å². The molecule has 6 nitrogen and oxygen atoms in total. The molecule has 0 aliphatic carbocycles. The SMILES string of the molecule is C#CC(CCC)N1C(=O)c2ccc(C(=O)O)cc2S1(=O)=O. The number of carbonyl (C=O) groups excluding carboxylic acids is 1. The van der Waals surface area contributed by atoms with Crippen LogP contribution in [0.2, 0.25) is 0 Å². The van der Waals surface area contributed by atoms with E-state index in [1.165, 1.54) is 12.1 Å². The third-order valence-corrected chi connectivity index (χ3v) is 5.07. The van der Waals surface area contributed by atoms with E-state index < -0.39 is 27.9 Å². The molecule has 1 aromatic carbocycles. The topological polar surface area (TPSA) is 91.8 Å². The van der Waals surface area contributed by atoms with Crippen molar-refractivity contribution in [3.8, 4) is 12.3 Å². The molecular weight excluding hydrogens is 294 g/mol. The summed E-state index contributed by atoms with van der Waals surface area (Å²) in [6.07, 6.45) is 6.30. The molecule has 1 aliphatic heterocycles. The highest BCUT2D eigenvalue weighted by Crippen LogP contribution is 2.33. The third-order valence-electron chi connectivity index (χ3n) is 3.23. The number of terminal acetylenes is 1. The quantitative estimate of drug-likeness (QED) is 0.847. The van der Waals surface area contributed by atoms with Crippen molar-refractivity contribution in [2.45, 2.75) is 30.7 Å². The summed E-state index contributed by atoms with van der Waals surface area (Å²) in [5.41, 5.74) is -0.240. The second-order valence-corrected chi connectivity index (χ2v) is 6.38. The summed E-state index contributed by atoms with van der Waals surface area (Å²) in [6, 6.07) is 2.53. The van der Waals surface area contributed by atoms with E-state index in [4.69, 9.17) is 11.5 Å². The molecule has 0 bridgehead atoms. The summed E-state index contributed by atoms with van der Waals surface area (Å²) in [5, 5.41) is 8.93. The van der Waals surface area contributed by atoms with Crippen LogP contribution < -0.4 is 0 Å². The molecule has 1 aliphatic rings. The van der Waals surface area contributed by atoms with Gasteiger partial charge in [0.1, 0.15) is 10.9 Å². The maximum absolute atomic E-state index is 12.5. The molecule has 1 N–H and O–H groups in total. The van der Waals surface area contributed by atoms with Crippen LogP contribution in [-0.4, -0.2) is 35.7 Å². The number of benzene rings is 1. The summed E-state index contributed by atoms with van der Waals surface area (Å²) in [4.78, 5) is 22.9. The van der Waals surface area contributed by atoms with Crippen LogP contribution in [0, 0.1) is 12.3 Å². The van der Waals surface area contributed by atoms with E-state index in [9.17, 15) is 18.0 Å². The van der Waals surface area contributed by atoms with Crippen LogP contribution in [0.1, 0.15) is 40.5 Å². The van der Waals surface area contributed by atoms with Crippen LogP contribution in [0.4, 0.5) is 0 Å². The summed E-state index contributed by atoms with van der Waals surface area (Å²) >= 11 is 0. The molecule has 0 saturated heterocycles. The van der Waals surface area contributed by atoms with Crippen molar-refractivity contribution in [2.75, 3.05) is 0 Å². The molecule has 0 aromatic heterocycles. The Morgan fingerprint density at radius 1 is 1.48 bits per heavy atom. The van der Waals surface area contributed by atoms with Crippen LogP contribution in [0.25, 0.3) is 0 Å². The molecule has 0 spiro atoms. The number of nitrogens with zero attached hydrogens (tertiary/aromatic N) is 1. The number of carboxylic acids is 1. The fourth-order valence-corrected chi connectivity index (χ4v) is 3.97. The molecule has 1 amide bonds. The maximum atomic E-state index is 12.5. The molecule has 21 heavy (non-hydrogen) atoms. The monoisotopic (exact) mass is 307 g/mol. The Morgan fingerprint density at radius 2 is 2.14 bits per heavy atom. The maximum Gasteiger partial charge on any atom is 0.335 e. The normalized spacial score (nSPS) is 17.1. The molecule has 110 valence electrons. The fraction of sp³-hybridized carbons (Fsp3) is 0.286. The van der Waals surface area contributed by atoms with E-state index in [1.54, 1.807) is 0 Å².